The molecule has 0 saturated heterocycles. The molecular formula is C24H24N6OS2. The first-order valence-electron chi connectivity index (χ1n) is 11.0. The summed E-state index contributed by atoms with van der Waals surface area (Å²) in [5.41, 5.74) is 5.29. The van der Waals surface area contributed by atoms with Crippen LogP contribution in [0.3, 0.4) is 0 Å². The lowest BCUT2D eigenvalue weighted by Gasteiger charge is -2.17. The number of hydrogen-bond donors (Lipinski definition) is 0. The average molecular weight is 477 g/mol. The second kappa shape index (κ2) is 9.44. The van der Waals surface area contributed by atoms with Crippen molar-refractivity contribution in [1.29, 1.82) is 0 Å². The van der Waals surface area contributed by atoms with Crippen molar-refractivity contribution in [3.63, 3.8) is 0 Å². The van der Waals surface area contributed by atoms with E-state index in [0.717, 1.165) is 57.9 Å². The Kier molecular flexibility index (Phi) is 6.24. The largest absolute Gasteiger partial charge is 0.311 e. The molecule has 1 amide bonds. The topological polar surface area (TPSA) is 76.8 Å². The first-order valence-corrected chi connectivity index (χ1v) is 12.8. The Hall–Kier alpha value is -3.04. The predicted octanol–water partition coefficient (Wildman–Crippen LogP) is 4.86. The molecule has 4 aromatic rings. The number of thioether (sulfide) groups is 1. The molecular weight excluding hydrogens is 452 g/mol. The van der Waals surface area contributed by atoms with E-state index in [9.17, 15) is 4.79 Å². The summed E-state index contributed by atoms with van der Waals surface area (Å²) in [5, 5.41) is 12.7. The smallest absolute Gasteiger partial charge is 0.237 e. The zero-order valence-electron chi connectivity index (χ0n) is 18.6. The molecule has 0 unspecified atom stereocenters. The molecule has 3 aromatic heterocycles. The molecule has 0 spiro atoms. The molecule has 0 aliphatic carbocycles. The number of fused-ring (bicyclic) bond motifs is 1. The van der Waals surface area contributed by atoms with Crippen LogP contribution in [0, 0.1) is 6.92 Å². The van der Waals surface area contributed by atoms with Gasteiger partial charge in [0.25, 0.3) is 0 Å². The summed E-state index contributed by atoms with van der Waals surface area (Å²) < 4.78 is 2.09. The van der Waals surface area contributed by atoms with Crippen molar-refractivity contribution in [1.82, 2.24) is 24.7 Å². The van der Waals surface area contributed by atoms with E-state index < -0.39 is 0 Å². The lowest BCUT2D eigenvalue weighted by Crippen LogP contribution is -2.30. The normalized spacial score (nSPS) is 12.8. The summed E-state index contributed by atoms with van der Waals surface area (Å²) >= 11 is 3.10. The average Bonchev–Trinajstić information content (AvgIpc) is 3.56. The number of rotatable bonds is 7. The maximum Gasteiger partial charge on any atom is 0.237 e. The van der Waals surface area contributed by atoms with Crippen molar-refractivity contribution in [2.45, 2.75) is 38.4 Å². The third-order valence-electron chi connectivity index (χ3n) is 5.62. The Balaban J connectivity index is 1.30. The number of pyridine rings is 1. The molecule has 0 bridgehead atoms. The van der Waals surface area contributed by atoms with Crippen LogP contribution in [0.15, 0.2) is 53.3 Å². The summed E-state index contributed by atoms with van der Waals surface area (Å²) in [6, 6.07) is 10.1. The van der Waals surface area contributed by atoms with Gasteiger partial charge in [-0.1, -0.05) is 24.8 Å². The summed E-state index contributed by atoms with van der Waals surface area (Å²) in [7, 11) is 0. The van der Waals surface area contributed by atoms with E-state index in [1.807, 2.05) is 24.0 Å². The molecule has 1 aliphatic heterocycles. The maximum atomic E-state index is 13.1. The van der Waals surface area contributed by atoms with Gasteiger partial charge in [-0.05, 0) is 49.6 Å². The molecule has 168 valence electrons. The summed E-state index contributed by atoms with van der Waals surface area (Å²) in [6.07, 6.45) is 5.32. The minimum atomic E-state index is 0.0903. The van der Waals surface area contributed by atoms with Crippen molar-refractivity contribution in [3.05, 3.63) is 58.7 Å². The minimum Gasteiger partial charge on any atom is -0.311 e. The van der Waals surface area contributed by atoms with Crippen molar-refractivity contribution < 1.29 is 4.79 Å². The number of aryl methyl sites for hydroxylation is 1. The summed E-state index contributed by atoms with van der Waals surface area (Å²) in [4.78, 5) is 23.7. The van der Waals surface area contributed by atoms with E-state index in [2.05, 4.69) is 55.2 Å². The van der Waals surface area contributed by atoms with E-state index in [0.29, 0.717) is 12.3 Å². The van der Waals surface area contributed by atoms with Gasteiger partial charge in [0.1, 0.15) is 0 Å². The highest BCUT2D eigenvalue weighted by atomic mass is 32.2. The first-order chi connectivity index (χ1) is 16.1. The number of anilines is 1. The van der Waals surface area contributed by atoms with Crippen molar-refractivity contribution in [2.24, 2.45) is 0 Å². The SMILES string of the molecule is CCCn1c(SCC(=O)N2CCc3cc(-c4csc(C)n4)ccc32)nnc1-c1ccncc1. The van der Waals surface area contributed by atoms with E-state index in [-0.39, 0.29) is 5.91 Å². The first kappa shape index (κ1) is 21.8. The van der Waals surface area contributed by atoms with Crippen LogP contribution in [0.5, 0.6) is 0 Å². The van der Waals surface area contributed by atoms with E-state index in [1.165, 1.54) is 17.3 Å². The second-order valence-corrected chi connectivity index (χ2v) is 9.88. The van der Waals surface area contributed by atoms with Gasteiger partial charge in [-0.15, -0.1) is 21.5 Å². The summed E-state index contributed by atoms with van der Waals surface area (Å²) in [6.45, 7) is 5.64. The van der Waals surface area contributed by atoms with Gasteiger partial charge in [0, 0.05) is 47.7 Å². The summed E-state index contributed by atoms with van der Waals surface area (Å²) in [5.74, 6) is 1.23. The van der Waals surface area contributed by atoms with Crippen LogP contribution in [0.25, 0.3) is 22.6 Å². The number of amides is 1. The number of nitrogens with zero attached hydrogens (tertiary/aromatic N) is 6. The zero-order valence-corrected chi connectivity index (χ0v) is 20.2. The van der Waals surface area contributed by atoms with Crippen molar-refractivity contribution in [2.75, 3.05) is 17.2 Å². The molecule has 0 saturated carbocycles. The highest BCUT2D eigenvalue weighted by Crippen LogP contribution is 2.33. The van der Waals surface area contributed by atoms with Gasteiger partial charge in [-0.25, -0.2) is 4.98 Å². The van der Waals surface area contributed by atoms with E-state index >= 15 is 0 Å². The molecule has 1 aromatic carbocycles. The number of carbonyl (C=O) groups is 1. The quantitative estimate of drug-likeness (QED) is 0.355. The molecule has 0 N–H and O–H groups in total. The minimum absolute atomic E-state index is 0.0903. The highest BCUT2D eigenvalue weighted by molar-refractivity contribution is 7.99. The Morgan fingerprint density at radius 2 is 2.00 bits per heavy atom. The standard InChI is InChI=1S/C24H24N6OS2/c1-3-11-30-23(17-6-9-25-10-7-17)27-28-24(30)33-15-22(31)29-12-8-19-13-18(4-5-21(19)29)20-14-32-16(2)26-20/h4-7,9-10,13-14H,3,8,11-12,15H2,1-2H3. The lowest BCUT2D eigenvalue weighted by atomic mass is 10.1. The van der Waals surface area contributed by atoms with Gasteiger partial charge in [-0.2, -0.15) is 0 Å². The molecule has 0 radical (unpaired) electrons. The van der Waals surface area contributed by atoms with Crippen LogP contribution in [-0.2, 0) is 17.8 Å². The van der Waals surface area contributed by atoms with Crippen molar-refractivity contribution in [3.8, 4) is 22.6 Å². The fourth-order valence-corrected chi connectivity index (χ4v) is 5.52. The Morgan fingerprint density at radius 3 is 2.76 bits per heavy atom. The Bertz CT molecular complexity index is 1280. The number of carbonyl (C=O) groups excluding carboxylic acids is 1. The number of hydrogen-bond acceptors (Lipinski definition) is 7. The van der Waals surface area contributed by atoms with Gasteiger partial charge in [-0.3, -0.25) is 9.78 Å². The molecule has 5 rings (SSSR count). The van der Waals surface area contributed by atoms with Crippen LogP contribution in [0.1, 0.15) is 23.9 Å². The van der Waals surface area contributed by atoms with Gasteiger partial charge < -0.3 is 9.47 Å². The highest BCUT2D eigenvalue weighted by Gasteiger charge is 2.26. The van der Waals surface area contributed by atoms with Gasteiger partial charge in [0.2, 0.25) is 5.91 Å². The monoisotopic (exact) mass is 476 g/mol. The third-order valence-corrected chi connectivity index (χ3v) is 7.34. The molecule has 33 heavy (non-hydrogen) atoms. The maximum absolute atomic E-state index is 13.1. The molecule has 0 fully saturated rings. The Labute approximate surface area is 200 Å². The zero-order chi connectivity index (χ0) is 22.8. The molecule has 0 atom stereocenters. The molecule has 7 nitrogen and oxygen atoms in total. The Morgan fingerprint density at radius 1 is 1.15 bits per heavy atom. The number of aromatic nitrogens is 5. The lowest BCUT2D eigenvalue weighted by molar-refractivity contribution is -0.116. The number of thiazole rings is 1. The van der Waals surface area contributed by atoms with Gasteiger partial charge in [0.05, 0.1) is 16.5 Å². The predicted molar refractivity (Wildman–Crippen MR) is 133 cm³/mol. The van der Waals surface area contributed by atoms with Crippen LogP contribution >= 0.6 is 23.1 Å². The second-order valence-electron chi connectivity index (χ2n) is 7.87. The number of benzene rings is 1. The molecule has 9 heteroatoms. The fourth-order valence-electron chi connectivity index (χ4n) is 4.06. The van der Waals surface area contributed by atoms with Crippen LogP contribution in [0.4, 0.5) is 5.69 Å². The van der Waals surface area contributed by atoms with Gasteiger partial charge in [0.15, 0.2) is 11.0 Å². The fraction of sp³-hybridized carbons (Fsp3) is 0.292. The van der Waals surface area contributed by atoms with Gasteiger partial charge >= 0.3 is 0 Å². The van der Waals surface area contributed by atoms with Crippen molar-refractivity contribution >= 4 is 34.7 Å². The third kappa shape index (κ3) is 4.43. The van der Waals surface area contributed by atoms with E-state index in [1.54, 1.807) is 23.7 Å². The van der Waals surface area contributed by atoms with E-state index in [4.69, 9.17) is 0 Å². The van der Waals surface area contributed by atoms with Crippen LogP contribution < -0.4 is 4.90 Å². The molecule has 4 heterocycles. The molecule has 1 aliphatic rings. The van der Waals surface area contributed by atoms with Crippen LogP contribution in [-0.4, -0.2) is 42.9 Å². The van der Waals surface area contributed by atoms with Crippen LogP contribution in [0.2, 0.25) is 0 Å².